The minimum Gasteiger partial charge on any atom is -0.371 e. The van der Waals surface area contributed by atoms with E-state index in [1.165, 1.54) is 12.1 Å². The van der Waals surface area contributed by atoms with Crippen molar-refractivity contribution < 1.29 is 13.2 Å². The number of piperidine rings is 1. The fraction of sp³-hybridized carbons (Fsp3) is 0.625. The molecular weight excluding hydrogens is 263 g/mol. The molecule has 0 N–H and O–H groups in total. The molecule has 1 aromatic rings. The van der Waals surface area contributed by atoms with E-state index in [9.17, 15) is 13.2 Å². The van der Waals surface area contributed by atoms with Crippen LogP contribution in [0.1, 0.15) is 26.3 Å². The lowest BCUT2D eigenvalue weighted by Crippen LogP contribution is -2.27. The highest BCUT2D eigenvalue weighted by molar-refractivity contribution is 5.51. The lowest BCUT2D eigenvalue weighted by atomic mass is 9.87. The van der Waals surface area contributed by atoms with Crippen LogP contribution in [0.4, 0.5) is 18.9 Å². The highest BCUT2D eigenvalue weighted by Gasteiger charge is 2.59. The lowest BCUT2D eigenvalue weighted by molar-refractivity contribution is -0.137. The van der Waals surface area contributed by atoms with Crippen LogP contribution in [-0.2, 0) is 6.18 Å². The number of benzene rings is 1. The Morgan fingerprint density at radius 1 is 1.05 bits per heavy atom. The first-order valence-corrected chi connectivity index (χ1v) is 7.10. The van der Waals surface area contributed by atoms with Crippen molar-refractivity contribution in [1.82, 2.24) is 0 Å². The predicted molar refractivity (Wildman–Crippen MR) is 73.6 cm³/mol. The molecule has 1 nitrogen and oxygen atoms in total. The van der Waals surface area contributed by atoms with Crippen LogP contribution in [0.5, 0.6) is 0 Å². The van der Waals surface area contributed by atoms with Crippen molar-refractivity contribution in [3.8, 4) is 0 Å². The van der Waals surface area contributed by atoms with Gasteiger partial charge in [0.1, 0.15) is 0 Å². The quantitative estimate of drug-likeness (QED) is 0.737. The second kappa shape index (κ2) is 4.15. The molecule has 0 radical (unpaired) electrons. The Morgan fingerprint density at radius 3 is 2.15 bits per heavy atom. The van der Waals surface area contributed by atoms with Gasteiger partial charge in [-0.25, -0.2) is 0 Å². The summed E-state index contributed by atoms with van der Waals surface area (Å²) in [5, 5.41) is 0. The standard InChI is InChI=1S/C16H20F3N/c1-15(2,3)14-12-8-20(9-13(12)14)11-6-4-5-10(7-11)16(17,18)19/h4-7,12-14H,8-9H2,1-3H3. The third-order valence-corrected chi connectivity index (χ3v) is 4.73. The zero-order chi connectivity index (χ0) is 14.7. The SMILES string of the molecule is CC(C)(C)C1C2CN(c3cccc(C(F)(F)F)c3)CC21. The van der Waals surface area contributed by atoms with Gasteiger partial charge in [0.15, 0.2) is 0 Å². The molecule has 0 spiro atoms. The molecule has 20 heavy (non-hydrogen) atoms. The normalized spacial score (nSPS) is 29.5. The van der Waals surface area contributed by atoms with Gasteiger partial charge < -0.3 is 4.90 Å². The number of halogens is 3. The van der Waals surface area contributed by atoms with Crippen LogP contribution >= 0.6 is 0 Å². The number of hydrogen-bond donors (Lipinski definition) is 0. The zero-order valence-electron chi connectivity index (χ0n) is 12.0. The molecule has 0 amide bonds. The van der Waals surface area contributed by atoms with Crippen LogP contribution in [0.15, 0.2) is 24.3 Å². The van der Waals surface area contributed by atoms with Gasteiger partial charge in [0, 0.05) is 18.8 Å². The van der Waals surface area contributed by atoms with Gasteiger partial charge in [0.2, 0.25) is 0 Å². The fourth-order valence-corrected chi connectivity index (χ4v) is 3.90. The summed E-state index contributed by atoms with van der Waals surface area (Å²) in [6, 6.07) is 5.70. The maximum Gasteiger partial charge on any atom is 0.416 e. The molecule has 110 valence electrons. The summed E-state index contributed by atoms with van der Waals surface area (Å²) in [4.78, 5) is 2.10. The maximum atomic E-state index is 12.7. The summed E-state index contributed by atoms with van der Waals surface area (Å²) < 4.78 is 38.2. The Hall–Kier alpha value is -1.19. The van der Waals surface area contributed by atoms with E-state index in [2.05, 4.69) is 25.7 Å². The van der Waals surface area contributed by atoms with Crippen LogP contribution in [0.3, 0.4) is 0 Å². The number of alkyl halides is 3. The summed E-state index contributed by atoms with van der Waals surface area (Å²) in [6.07, 6.45) is -4.26. The summed E-state index contributed by atoms with van der Waals surface area (Å²) in [5.74, 6) is 2.04. The van der Waals surface area contributed by atoms with E-state index in [0.29, 0.717) is 22.9 Å². The van der Waals surface area contributed by atoms with Gasteiger partial charge in [-0.1, -0.05) is 26.8 Å². The van der Waals surface area contributed by atoms with Gasteiger partial charge in [0.25, 0.3) is 0 Å². The van der Waals surface area contributed by atoms with E-state index in [1.807, 2.05) is 0 Å². The van der Waals surface area contributed by atoms with E-state index in [1.54, 1.807) is 6.07 Å². The monoisotopic (exact) mass is 283 g/mol. The first kappa shape index (κ1) is 13.8. The Kier molecular flexibility index (Phi) is 2.86. The summed E-state index contributed by atoms with van der Waals surface area (Å²) in [6.45, 7) is 8.56. The van der Waals surface area contributed by atoms with Crippen molar-refractivity contribution in [1.29, 1.82) is 0 Å². The average molecular weight is 283 g/mol. The van der Waals surface area contributed by atoms with Gasteiger partial charge in [-0.05, 0) is 41.4 Å². The molecule has 0 bridgehead atoms. The van der Waals surface area contributed by atoms with Crippen LogP contribution < -0.4 is 4.90 Å². The van der Waals surface area contributed by atoms with Crippen molar-refractivity contribution in [2.24, 2.45) is 23.2 Å². The van der Waals surface area contributed by atoms with Crippen LogP contribution in [0.2, 0.25) is 0 Å². The van der Waals surface area contributed by atoms with E-state index in [4.69, 9.17) is 0 Å². The number of rotatable bonds is 1. The van der Waals surface area contributed by atoms with Gasteiger partial charge in [-0.3, -0.25) is 0 Å². The molecule has 1 aliphatic heterocycles. The smallest absolute Gasteiger partial charge is 0.371 e. The molecule has 1 saturated carbocycles. The van der Waals surface area contributed by atoms with Crippen LogP contribution in [0.25, 0.3) is 0 Å². The molecule has 0 aromatic heterocycles. The minimum atomic E-state index is -4.26. The number of anilines is 1. The van der Waals surface area contributed by atoms with Gasteiger partial charge in [-0.15, -0.1) is 0 Å². The molecule has 1 heterocycles. The topological polar surface area (TPSA) is 3.24 Å². The second-order valence-electron chi connectivity index (χ2n) is 7.17. The molecular formula is C16H20F3N. The minimum absolute atomic E-state index is 0.315. The third-order valence-electron chi connectivity index (χ3n) is 4.73. The molecule has 4 heteroatoms. The largest absolute Gasteiger partial charge is 0.416 e. The van der Waals surface area contributed by atoms with Crippen LogP contribution in [-0.4, -0.2) is 13.1 Å². The summed E-state index contributed by atoms with van der Waals surface area (Å²) in [7, 11) is 0. The fourth-order valence-electron chi connectivity index (χ4n) is 3.90. The van der Waals surface area contributed by atoms with Gasteiger partial charge in [0.05, 0.1) is 5.56 Å². The molecule has 2 unspecified atom stereocenters. The van der Waals surface area contributed by atoms with Crippen molar-refractivity contribution in [3.05, 3.63) is 29.8 Å². The molecule has 1 aromatic carbocycles. The second-order valence-corrected chi connectivity index (χ2v) is 7.17. The van der Waals surface area contributed by atoms with Crippen molar-refractivity contribution in [2.75, 3.05) is 18.0 Å². The predicted octanol–water partition coefficient (Wildman–Crippen LogP) is 4.43. The van der Waals surface area contributed by atoms with Gasteiger partial charge in [-0.2, -0.15) is 13.2 Å². The number of hydrogen-bond acceptors (Lipinski definition) is 1. The maximum absolute atomic E-state index is 12.7. The highest BCUT2D eigenvalue weighted by atomic mass is 19.4. The number of fused-ring (bicyclic) bond motifs is 1. The van der Waals surface area contributed by atoms with E-state index in [-0.39, 0.29) is 0 Å². The molecule has 2 atom stereocenters. The van der Waals surface area contributed by atoms with E-state index >= 15 is 0 Å². The van der Waals surface area contributed by atoms with Crippen molar-refractivity contribution >= 4 is 5.69 Å². The Morgan fingerprint density at radius 2 is 1.65 bits per heavy atom. The van der Waals surface area contributed by atoms with Crippen molar-refractivity contribution in [3.63, 3.8) is 0 Å². The summed E-state index contributed by atoms with van der Waals surface area (Å²) in [5.41, 5.74) is 0.470. The molecule has 2 fully saturated rings. The van der Waals surface area contributed by atoms with Crippen molar-refractivity contribution in [2.45, 2.75) is 26.9 Å². The van der Waals surface area contributed by atoms with Crippen LogP contribution in [0, 0.1) is 23.2 Å². The Bertz CT molecular complexity index is 503. The van der Waals surface area contributed by atoms with Gasteiger partial charge >= 0.3 is 6.18 Å². The average Bonchev–Trinajstić information content (AvgIpc) is 2.86. The Balaban J connectivity index is 1.72. The zero-order valence-corrected chi connectivity index (χ0v) is 12.0. The lowest BCUT2D eigenvalue weighted by Gasteiger charge is -2.27. The molecule has 1 aliphatic carbocycles. The van der Waals surface area contributed by atoms with E-state index < -0.39 is 11.7 Å². The third kappa shape index (κ3) is 2.29. The Labute approximate surface area is 117 Å². The first-order chi connectivity index (χ1) is 9.18. The highest BCUT2D eigenvalue weighted by Crippen LogP contribution is 2.60. The molecule has 2 aliphatic rings. The summed E-state index contributed by atoms with van der Waals surface area (Å²) >= 11 is 0. The van der Waals surface area contributed by atoms with E-state index in [0.717, 1.165) is 25.1 Å². The number of nitrogens with zero attached hydrogens (tertiary/aromatic N) is 1. The first-order valence-electron chi connectivity index (χ1n) is 7.10. The molecule has 1 saturated heterocycles. The molecule has 3 rings (SSSR count).